The molecule has 0 aliphatic heterocycles. The number of carbonyl (C=O) groups is 1. The van der Waals surface area contributed by atoms with E-state index < -0.39 is 28.6 Å². The van der Waals surface area contributed by atoms with E-state index in [0.29, 0.717) is 6.54 Å². The molecule has 0 bridgehead atoms. The first-order chi connectivity index (χ1) is 10.4. The van der Waals surface area contributed by atoms with E-state index in [1.165, 1.54) is 12.1 Å². The minimum absolute atomic E-state index is 0.0184. The lowest BCUT2D eigenvalue weighted by Crippen LogP contribution is -2.24. The Morgan fingerprint density at radius 2 is 1.82 bits per heavy atom. The predicted molar refractivity (Wildman–Crippen MR) is 82.8 cm³/mol. The van der Waals surface area contributed by atoms with E-state index in [0.717, 1.165) is 12.5 Å². The fourth-order valence-corrected chi connectivity index (χ4v) is 2.23. The fraction of sp³-hybridized carbons (Fsp3) is 0.200. The van der Waals surface area contributed by atoms with Crippen LogP contribution in [-0.2, 0) is 0 Å². The van der Waals surface area contributed by atoms with Crippen molar-refractivity contribution in [3.05, 3.63) is 39.0 Å². The normalized spacial score (nSPS) is 10.6. The minimum atomic E-state index is -0.853. The van der Waals surface area contributed by atoms with Crippen molar-refractivity contribution < 1.29 is 20.1 Å². The highest BCUT2D eigenvalue weighted by atomic mass is 35.5. The molecule has 22 heavy (non-hydrogen) atoms. The molecule has 0 spiro atoms. The zero-order valence-electron chi connectivity index (χ0n) is 11.7. The van der Waals surface area contributed by atoms with Crippen LogP contribution in [0, 0.1) is 0 Å². The van der Waals surface area contributed by atoms with E-state index in [1.807, 2.05) is 6.92 Å². The van der Waals surface area contributed by atoms with Gasteiger partial charge in [0.1, 0.15) is 0 Å². The van der Waals surface area contributed by atoms with Crippen molar-refractivity contribution in [2.75, 3.05) is 6.54 Å². The Labute approximate surface area is 130 Å². The number of benzene rings is 1. The molecule has 0 saturated carbocycles. The third-order valence-electron chi connectivity index (χ3n) is 3.12. The number of aromatic hydroxyl groups is 3. The number of hydrogen-bond donors (Lipinski definition) is 4. The van der Waals surface area contributed by atoms with Gasteiger partial charge in [0.15, 0.2) is 17.2 Å². The fourth-order valence-electron chi connectivity index (χ4n) is 2.02. The molecule has 116 valence electrons. The molecule has 0 fully saturated rings. The van der Waals surface area contributed by atoms with Crippen molar-refractivity contribution in [2.24, 2.45) is 0 Å². The van der Waals surface area contributed by atoms with Gasteiger partial charge in [0.25, 0.3) is 5.91 Å². The molecule has 0 aliphatic rings. The summed E-state index contributed by atoms with van der Waals surface area (Å²) < 4.78 is 0. The Bertz CT molecular complexity index is 819. The second kappa shape index (κ2) is 6.11. The lowest BCUT2D eigenvalue weighted by Gasteiger charge is -2.04. The summed E-state index contributed by atoms with van der Waals surface area (Å²) in [4.78, 5) is 23.9. The molecule has 0 heterocycles. The van der Waals surface area contributed by atoms with Crippen LogP contribution in [0.2, 0.25) is 5.02 Å². The van der Waals surface area contributed by atoms with Gasteiger partial charge in [-0.25, -0.2) is 0 Å². The van der Waals surface area contributed by atoms with Gasteiger partial charge in [-0.2, -0.15) is 0 Å². The second-order valence-corrected chi connectivity index (χ2v) is 5.14. The van der Waals surface area contributed by atoms with Gasteiger partial charge < -0.3 is 20.6 Å². The van der Waals surface area contributed by atoms with E-state index in [4.69, 9.17) is 11.6 Å². The van der Waals surface area contributed by atoms with Gasteiger partial charge in [-0.1, -0.05) is 18.5 Å². The van der Waals surface area contributed by atoms with Crippen LogP contribution in [0.5, 0.6) is 17.2 Å². The SMILES string of the molecule is CCCNC(=O)c1cc(=O)c(O)c2c(O)c(O)c(Cl)cc2c1. The molecule has 0 atom stereocenters. The maximum absolute atomic E-state index is 12.0. The number of halogens is 1. The van der Waals surface area contributed by atoms with Crippen LogP contribution >= 0.6 is 11.6 Å². The molecule has 0 aromatic heterocycles. The first kappa shape index (κ1) is 15.9. The highest BCUT2D eigenvalue weighted by Gasteiger charge is 2.17. The van der Waals surface area contributed by atoms with Gasteiger partial charge in [-0.15, -0.1) is 0 Å². The van der Waals surface area contributed by atoms with E-state index in [1.54, 1.807) is 0 Å². The van der Waals surface area contributed by atoms with E-state index in [2.05, 4.69) is 5.32 Å². The van der Waals surface area contributed by atoms with Gasteiger partial charge >= 0.3 is 0 Å². The maximum Gasteiger partial charge on any atom is 0.251 e. The maximum atomic E-state index is 12.0. The Kier molecular flexibility index (Phi) is 4.42. The summed E-state index contributed by atoms with van der Waals surface area (Å²) in [7, 11) is 0. The Morgan fingerprint density at radius 3 is 2.45 bits per heavy atom. The molecule has 0 aliphatic carbocycles. The monoisotopic (exact) mass is 323 g/mol. The van der Waals surface area contributed by atoms with Gasteiger partial charge in [0, 0.05) is 18.2 Å². The molecule has 0 saturated heterocycles. The summed E-state index contributed by atoms with van der Waals surface area (Å²) >= 11 is 5.77. The topological polar surface area (TPSA) is 107 Å². The summed E-state index contributed by atoms with van der Waals surface area (Å²) in [5, 5.41) is 31.8. The van der Waals surface area contributed by atoms with Crippen LogP contribution in [0.15, 0.2) is 23.0 Å². The smallest absolute Gasteiger partial charge is 0.251 e. The highest BCUT2D eigenvalue weighted by Crippen LogP contribution is 2.42. The van der Waals surface area contributed by atoms with Crippen LogP contribution in [0.25, 0.3) is 10.8 Å². The number of rotatable bonds is 3. The quantitative estimate of drug-likeness (QED) is 0.647. The molecular formula is C15H14ClNO5. The van der Waals surface area contributed by atoms with Crippen molar-refractivity contribution >= 4 is 28.3 Å². The van der Waals surface area contributed by atoms with Crippen LogP contribution in [0.4, 0.5) is 0 Å². The summed E-state index contributed by atoms with van der Waals surface area (Å²) in [5.41, 5.74) is -0.835. The highest BCUT2D eigenvalue weighted by molar-refractivity contribution is 6.33. The third-order valence-corrected chi connectivity index (χ3v) is 3.41. The van der Waals surface area contributed by atoms with Crippen molar-refractivity contribution in [3.63, 3.8) is 0 Å². The lowest BCUT2D eigenvalue weighted by atomic mass is 10.1. The first-order valence-electron chi connectivity index (χ1n) is 6.56. The Hall–Kier alpha value is -2.47. The van der Waals surface area contributed by atoms with Gasteiger partial charge in [-0.3, -0.25) is 9.59 Å². The molecule has 1 amide bonds. The van der Waals surface area contributed by atoms with Crippen LogP contribution < -0.4 is 10.7 Å². The molecular weight excluding hydrogens is 310 g/mol. The zero-order valence-corrected chi connectivity index (χ0v) is 12.4. The summed E-state index contributed by atoms with van der Waals surface area (Å²) in [6, 6.07) is 3.53. The predicted octanol–water partition coefficient (Wildman–Crippen LogP) is 2.11. The second-order valence-electron chi connectivity index (χ2n) is 4.73. The largest absolute Gasteiger partial charge is 0.504 e. The van der Waals surface area contributed by atoms with E-state index in [9.17, 15) is 24.9 Å². The van der Waals surface area contributed by atoms with E-state index in [-0.39, 0.29) is 21.4 Å². The number of carbonyl (C=O) groups excluding carboxylic acids is 1. The number of amides is 1. The van der Waals surface area contributed by atoms with Crippen molar-refractivity contribution in [1.29, 1.82) is 0 Å². The van der Waals surface area contributed by atoms with Crippen molar-refractivity contribution in [3.8, 4) is 17.2 Å². The number of nitrogens with one attached hydrogen (secondary N) is 1. The average molecular weight is 324 g/mol. The Morgan fingerprint density at radius 1 is 1.14 bits per heavy atom. The van der Waals surface area contributed by atoms with Gasteiger partial charge in [0.2, 0.25) is 5.43 Å². The third kappa shape index (κ3) is 2.78. The van der Waals surface area contributed by atoms with Gasteiger partial charge in [0.05, 0.1) is 10.4 Å². The van der Waals surface area contributed by atoms with Crippen LogP contribution in [0.1, 0.15) is 23.7 Å². The standard InChI is InChI=1S/C15H14ClNO5/c1-2-3-17-15(22)8-4-7-5-9(16)12(19)14(21)11(7)13(20)10(18)6-8/h4-6,19,21H,2-3H2,1H3,(H,17,22)(H,18,20). The number of phenolic OH excluding ortho intramolecular Hbond substituents is 2. The van der Waals surface area contributed by atoms with Crippen LogP contribution in [-0.4, -0.2) is 27.8 Å². The number of fused-ring (bicyclic) bond motifs is 1. The van der Waals surface area contributed by atoms with Crippen molar-refractivity contribution in [2.45, 2.75) is 13.3 Å². The molecule has 0 unspecified atom stereocenters. The lowest BCUT2D eigenvalue weighted by molar-refractivity contribution is 0.0954. The summed E-state index contributed by atoms with van der Waals surface area (Å²) in [6.45, 7) is 2.31. The molecule has 7 heteroatoms. The molecule has 4 N–H and O–H groups in total. The molecule has 2 rings (SSSR count). The van der Waals surface area contributed by atoms with Gasteiger partial charge in [-0.05, 0) is 23.9 Å². The minimum Gasteiger partial charge on any atom is -0.504 e. The molecule has 0 radical (unpaired) electrons. The van der Waals surface area contributed by atoms with Crippen molar-refractivity contribution in [1.82, 2.24) is 5.32 Å². The molecule has 2 aromatic carbocycles. The summed E-state index contributed by atoms with van der Waals surface area (Å²) in [5.74, 6) is -2.62. The Balaban J connectivity index is 2.80. The van der Waals surface area contributed by atoms with E-state index >= 15 is 0 Å². The number of hydrogen-bond acceptors (Lipinski definition) is 5. The summed E-state index contributed by atoms with van der Waals surface area (Å²) in [6.07, 6.45) is 0.724. The molecule has 6 nitrogen and oxygen atoms in total. The van der Waals surface area contributed by atoms with Crippen LogP contribution in [0.3, 0.4) is 0 Å². The molecule has 2 aromatic rings. The first-order valence-corrected chi connectivity index (χ1v) is 6.94. The number of phenols is 2. The zero-order chi connectivity index (χ0) is 16.4. The average Bonchev–Trinajstić information content (AvgIpc) is 2.60.